The number of morpholine rings is 1. The lowest BCUT2D eigenvalue weighted by atomic mass is 10.1. The van der Waals surface area contributed by atoms with Crippen molar-refractivity contribution in [2.45, 2.75) is 19.9 Å². The molecular formula is C22H28N2O4. The third-order valence-electron chi connectivity index (χ3n) is 4.85. The van der Waals surface area contributed by atoms with Crippen LogP contribution >= 0.6 is 0 Å². The Hall–Kier alpha value is -2.57. The minimum atomic E-state index is -0.148. The molecule has 1 aromatic carbocycles. The summed E-state index contributed by atoms with van der Waals surface area (Å²) in [6.45, 7) is 7.42. The van der Waals surface area contributed by atoms with Gasteiger partial charge in [0.25, 0.3) is 0 Å². The van der Waals surface area contributed by atoms with Gasteiger partial charge in [0.15, 0.2) is 0 Å². The van der Waals surface area contributed by atoms with E-state index in [4.69, 9.17) is 13.9 Å². The number of nitrogens with zero attached hydrogens (tertiary/aromatic N) is 1. The van der Waals surface area contributed by atoms with Crippen LogP contribution in [0.25, 0.3) is 6.08 Å². The Morgan fingerprint density at radius 3 is 2.71 bits per heavy atom. The lowest BCUT2D eigenvalue weighted by Crippen LogP contribution is -2.43. The number of aryl methyl sites for hydroxylation is 2. The van der Waals surface area contributed by atoms with Crippen molar-refractivity contribution in [1.82, 2.24) is 10.2 Å². The summed E-state index contributed by atoms with van der Waals surface area (Å²) in [7, 11) is 1.63. The quantitative estimate of drug-likeness (QED) is 0.743. The third kappa shape index (κ3) is 5.24. The lowest BCUT2D eigenvalue weighted by molar-refractivity contribution is -0.116. The number of hydrogen-bond acceptors (Lipinski definition) is 5. The van der Waals surface area contributed by atoms with Gasteiger partial charge in [-0.1, -0.05) is 11.6 Å². The Bertz CT molecular complexity index is 822. The zero-order valence-electron chi connectivity index (χ0n) is 16.7. The second-order valence-corrected chi connectivity index (χ2v) is 6.94. The molecule has 0 saturated carbocycles. The maximum absolute atomic E-state index is 12.4. The van der Waals surface area contributed by atoms with Gasteiger partial charge >= 0.3 is 0 Å². The van der Waals surface area contributed by atoms with Crippen LogP contribution in [0.5, 0.6) is 5.75 Å². The van der Waals surface area contributed by atoms with Crippen LogP contribution in [0.2, 0.25) is 0 Å². The SMILES string of the molecule is COc1ccc(C)cc1/C=C/C(=O)NCC(c1ccc(C)o1)N1CCOCC1. The highest BCUT2D eigenvalue weighted by Crippen LogP contribution is 2.24. The summed E-state index contributed by atoms with van der Waals surface area (Å²) in [5.74, 6) is 2.33. The normalized spacial score (nSPS) is 16.2. The molecule has 1 aromatic heterocycles. The molecule has 150 valence electrons. The predicted octanol–water partition coefficient (Wildman–Crippen LogP) is 3.11. The van der Waals surface area contributed by atoms with E-state index < -0.39 is 0 Å². The van der Waals surface area contributed by atoms with Gasteiger partial charge in [0.05, 0.1) is 26.4 Å². The summed E-state index contributed by atoms with van der Waals surface area (Å²) in [6, 6.07) is 9.80. The number of carbonyl (C=O) groups is 1. The van der Waals surface area contributed by atoms with Gasteiger partial charge in [-0.3, -0.25) is 9.69 Å². The van der Waals surface area contributed by atoms with Gasteiger partial charge in [-0.05, 0) is 44.2 Å². The summed E-state index contributed by atoms with van der Waals surface area (Å²) >= 11 is 0. The second-order valence-electron chi connectivity index (χ2n) is 6.94. The number of nitrogens with one attached hydrogen (secondary N) is 1. The van der Waals surface area contributed by atoms with E-state index in [1.807, 2.05) is 44.2 Å². The molecule has 1 atom stereocenters. The number of furan rings is 1. The van der Waals surface area contributed by atoms with Crippen LogP contribution in [-0.2, 0) is 9.53 Å². The van der Waals surface area contributed by atoms with Gasteiger partial charge in [-0.15, -0.1) is 0 Å². The largest absolute Gasteiger partial charge is 0.496 e. The fourth-order valence-corrected chi connectivity index (χ4v) is 3.34. The molecule has 0 bridgehead atoms. The fourth-order valence-electron chi connectivity index (χ4n) is 3.34. The monoisotopic (exact) mass is 384 g/mol. The maximum Gasteiger partial charge on any atom is 0.244 e. The van der Waals surface area contributed by atoms with Crippen LogP contribution in [0.1, 0.15) is 28.7 Å². The number of amides is 1. The first-order valence-corrected chi connectivity index (χ1v) is 9.55. The standard InChI is InChI=1S/C22H28N2O4/c1-16-4-7-20(26-3)18(14-16)6-9-22(25)23-15-19(21-8-5-17(2)28-21)24-10-12-27-13-11-24/h4-9,14,19H,10-13,15H2,1-3H3,(H,23,25)/b9-6+. The molecule has 1 saturated heterocycles. The van der Waals surface area contributed by atoms with Crippen molar-refractivity contribution in [1.29, 1.82) is 0 Å². The van der Waals surface area contributed by atoms with Crippen molar-refractivity contribution in [2.75, 3.05) is 40.0 Å². The first-order chi connectivity index (χ1) is 13.6. The van der Waals surface area contributed by atoms with Crippen LogP contribution in [0.3, 0.4) is 0 Å². The molecule has 1 unspecified atom stereocenters. The average molecular weight is 384 g/mol. The predicted molar refractivity (Wildman–Crippen MR) is 108 cm³/mol. The molecule has 28 heavy (non-hydrogen) atoms. The molecule has 0 radical (unpaired) electrons. The Kier molecular flexibility index (Phi) is 6.90. The van der Waals surface area contributed by atoms with Crippen molar-refractivity contribution >= 4 is 12.0 Å². The molecule has 1 amide bonds. The van der Waals surface area contributed by atoms with E-state index in [2.05, 4.69) is 10.2 Å². The Labute approximate surface area is 166 Å². The van der Waals surface area contributed by atoms with E-state index in [9.17, 15) is 4.79 Å². The minimum absolute atomic E-state index is 0.0107. The van der Waals surface area contributed by atoms with E-state index in [1.165, 1.54) is 0 Å². The van der Waals surface area contributed by atoms with Gasteiger partial charge in [-0.2, -0.15) is 0 Å². The summed E-state index contributed by atoms with van der Waals surface area (Å²) in [6.07, 6.45) is 3.32. The maximum atomic E-state index is 12.4. The van der Waals surface area contributed by atoms with Gasteiger partial charge in [0.1, 0.15) is 17.3 Å². The van der Waals surface area contributed by atoms with E-state index in [0.29, 0.717) is 19.8 Å². The summed E-state index contributed by atoms with van der Waals surface area (Å²) < 4.78 is 16.6. The molecule has 0 aliphatic carbocycles. The zero-order valence-corrected chi connectivity index (χ0v) is 16.7. The topological polar surface area (TPSA) is 63.9 Å². The Morgan fingerprint density at radius 2 is 2.04 bits per heavy atom. The summed E-state index contributed by atoms with van der Waals surface area (Å²) in [5, 5.41) is 3.00. The average Bonchev–Trinajstić information content (AvgIpc) is 3.13. The zero-order chi connectivity index (χ0) is 19.9. The van der Waals surface area contributed by atoms with Crippen molar-refractivity contribution < 1.29 is 18.7 Å². The number of hydrogen-bond donors (Lipinski definition) is 1. The molecule has 6 heteroatoms. The van der Waals surface area contributed by atoms with Gasteiger partial charge in [-0.25, -0.2) is 0 Å². The van der Waals surface area contributed by atoms with Crippen molar-refractivity contribution in [2.24, 2.45) is 0 Å². The number of methoxy groups -OCH3 is 1. The van der Waals surface area contributed by atoms with Crippen molar-refractivity contribution in [3.05, 3.63) is 59.1 Å². The van der Waals surface area contributed by atoms with E-state index in [-0.39, 0.29) is 11.9 Å². The highest BCUT2D eigenvalue weighted by Gasteiger charge is 2.25. The molecule has 3 rings (SSSR count). The second kappa shape index (κ2) is 9.57. The number of rotatable bonds is 7. The molecule has 1 aliphatic rings. The smallest absolute Gasteiger partial charge is 0.244 e. The van der Waals surface area contributed by atoms with Crippen LogP contribution in [-0.4, -0.2) is 50.8 Å². The van der Waals surface area contributed by atoms with Crippen LogP contribution < -0.4 is 10.1 Å². The molecular weight excluding hydrogens is 356 g/mol. The third-order valence-corrected chi connectivity index (χ3v) is 4.85. The van der Waals surface area contributed by atoms with Crippen LogP contribution in [0, 0.1) is 13.8 Å². The Morgan fingerprint density at radius 1 is 1.25 bits per heavy atom. The molecule has 0 spiro atoms. The molecule has 1 fully saturated rings. The lowest BCUT2D eigenvalue weighted by Gasteiger charge is -2.33. The van der Waals surface area contributed by atoms with E-state index in [0.717, 1.165) is 41.5 Å². The number of benzene rings is 1. The first kappa shape index (κ1) is 20.2. The molecule has 6 nitrogen and oxygen atoms in total. The number of ether oxygens (including phenoxy) is 2. The molecule has 1 aliphatic heterocycles. The summed E-state index contributed by atoms with van der Waals surface area (Å²) in [4.78, 5) is 14.7. The van der Waals surface area contributed by atoms with Gasteiger partial charge in [0, 0.05) is 31.3 Å². The van der Waals surface area contributed by atoms with E-state index in [1.54, 1.807) is 19.3 Å². The highest BCUT2D eigenvalue weighted by molar-refractivity contribution is 5.92. The molecule has 2 heterocycles. The van der Waals surface area contributed by atoms with Gasteiger partial charge in [0.2, 0.25) is 5.91 Å². The highest BCUT2D eigenvalue weighted by atomic mass is 16.5. The number of carbonyl (C=O) groups excluding carboxylic acids is 1. The van der Waals surface area contributed by atoms with Gasteiger partial charge < -0.3 is 19.2 Å². The van der Waals surface area contributed by atoms with Crippen molar-refractivity contribution in [3.63, 3.8) is 0 Å². The minimum Gasteiger partial charge on any atom is -0.496 e. The van der Waals surface area contributed by atoms with Crippen LogP contribution in [0.4, 0.5) is 0 Å². The first-order valence-electron chi connectivity index (χ1n) is 9.55. The van der Waals surface area contributed by atoms with Crippen LogP contribution in [0.15, 0.2) is 40.8 Å². The van der Waals surface area contributed by atoms with Crippen molar-refractivity contribution in [3.8, 4) is 5.75 Å². The molecule has 2 aromatic rings. The van der Waals surface area contributed by atoms with E-state index >= 15 is 0 Å². The summed E-state index contributed by atoms with van der Waals surface area (Å²) in [5.41, 5.74) is 1.99. The fraction of sp³-hybridized carbons (Fsp3) is 0.409. The molecule has 1 N–H and O–H groups in total. The Balaban J connectivity index is 1.65.